The molecule has 0 aliphatic heterocycles. The van der Waals surface area contributed by atoms with Crippen molar-refractivity contribution < 1.29 is 23.5 Å². The van der Waals surface area contributed by atoms with Crippen LogP contribution in [0.3, 0.4) is 0 Å². The predicted octanol–water partition coefficient (Wildman–Crippen LogP) is 2.12. The van der Waals surface area contributed by atoms with Gasteiger partial charge in [0.25, 0.3) is 0 Å². The topological polar surface area (TPSA) is 66.4 Å². The number of halogens is 2. The average molecular weight is 285 g/mol. The molecule has 2 N–H and O–H groups in total. The second-order valence-corrected chi connectivity index (χ2v) is 5.58. The van der Waals surface area contributed by atoms with E-state index in [2.05, 4.69) is 5.32 Å². The first-order valence-corrected chi connectivity index (χ1v) is 6.08. The van der Waals surface area contributed by atoms with Crippen molar-refractivity contribution in [3.05, 3.63) is 35.4 Å². The number of rotatable bonds is 4. The van der Waals surface area contributed by atoms with Gasteiger partial charge in [-0.05, 0) is 17.5 Å². The van der Waals surface area contributed by atoms with Gasteiger partial charge in [-0.1, -0.05) is 26.8 Å². The summed E-state index contributed by atoms with van der Waals surface area (Å²) >= 11 is 0. The van der Waals surface area contributed by atoms with Crippen molar-refractivity contribution in [2.45, 2.75) is 33.2 Å². The molecule has 0 aliphatic carbocycles. The van der Waals surface area contributed by atoms with Crippen molar-refractivity contribution in [1.29, 1.82) is 0 Å². The first kappa shape index (κ1) is 16.1. The summed E-state index contributed by atoms with van der Waals surface area (Å²) in [5, 5.41) is 11.4. The highest BCUT2D eigenvalue weighted by Crippen LogP contribution is 2.20. The standard InChI is InChI=1S/C14H17F2NO3/c1-14(2,3)12(13(19)20)17-11(18)7-8-9(15)5-4-6-10(8)16/h4-6,12H,7H2,1-3H3,(H,17,18)(H,19,20)/t12-/m1/s1. The largest absolute Gasteiger partial charge is 0.480 e. The summed E-state index contributed by atoms with van der Waals surface area (Å²) in [6.45, 7) is 4.95. The Morgan fingerprint density at radius 3 is 2.15 bits per heavy atom. The van der Waals surface area contributed by atoms with Gasteiger partial charge in [-0.3, -0.25) is 4.79 Å². The van der Waals surface area contributed by atoms with Gasteiger partial charge in [0.15, 0.2) is 0 Å². The van der Waals surface area contributed by atoms with E-state index in [1.54, 1.807) is 20.8 Å². The molecule has 1 aromatic carbocycles. The summed E-state index contributed by atoms with van der Waals surface area (Å²) in [5.74, 6) is -3.60. The third-order valence-electron chi connectivity index (χ3n) is 2.82. The fourth-order valence-electron chi connectivity index (χ4n) is 1.72. The highest BCUT2D eigenvalue weighted by Gasteiger charge is 2.32. The molecule has 0 heterocycles. The summed E-state index contributed by atoms with van der Waals surface area (Å²) in [5.41, 5.74) is -1.09. The van der Waals surface area contributed by atoms with Crippen molar-refractivity contribution in [2.75, 3.05) is 0 Å². The Kier molecular flexibility index (Phi) is 4.81. The van der Waals surface area contributed by atoms with Crippen molar-refractivity contribution >= 4 is 11.9 Å². The van der Waals surface area contributed by atoms with Crippen molar-refractivity contribution in [3.8, 4) is 0 Å². The fourth-order valence-corrected chi connectivity index (χ4v) is 1.72. The lowest BCUT2D eigenvalue weighted by atomic mass is 9.86. The zero-order chi connectivity index (χ0) is 15.5. The van der Waals surface area contributed by atoms with Gasteiger partial charge in [0, 0.05) is 5.56 Å². The maximum absolute atomic E-state index is 13.4. The van der Waals surface area contributed by atoms with Crippen molar-refractivity contribution in [3.63, 3.8) is 0 Å². The lowest BCUT2D eigenvalue weighted by Gasteiger charge is -2.27. The molecule has 1 rings (SSSR count). The Bertz CT molecular complexity index is 503. The molecule has 0 aliphatic rings. The van der Waals surface area contributed by atoms with E-state index in [1.165, 1.54) is 6.07 Å². The second kappa shape index (κ2) is 5.98. The van der Waals surface area contributed by atoms with Crippen LogP contribution in [0.4, 0.5) is 8.78 Å². The summed E-state index contributed by atoms with van der Waals surface area (Å²) in [7, 11) is 0. The van der Waals surface area contributed by atoms with Crippen LogP contribution in [-0.4, -0.2) is 23.0 Å². The molecule has 1 aromatic rings. The second-order valence-electron chi connectivity index (χ2n) is 5.58. The van der Waals surface area contributed by atoms with Gasteiger partial charge in [0.1, 0.15) is 17.7 Å². The van der Waals surface area contributed by atoms with E-state index in [9.17, 15) is 18.4 Å². The molecule has 0 fully saturated rings. The third kappa shape index (κ3) is 4.01. The number of nitrogens with one attached hydrogen (secondary N) is 1. The van der Waals surface area contributed by atoms with E-state index < -0.39 is 41.4 Å². The number of amides is 1. The lowest BCUT2D eigenvalue weighted by molar-refractivity contribution is -0.144. The molecule has 0 aromatic heterocycles. The van der Waals surface area contributed by atoms with Crippen LogP contribution in [0.5, 0.6) is 0 Å². The molecule has 1 atom stereocenters. The third-order valence-corrected chi connectivity index (χ3v) is 2.82. The number of benzene rings is 1. The van der Waals surface area contributed by atoms with E-state index in [0.29, 0.717) is 0 Å². The van der Waals surface area contributed by atoms with E-state index >= 15 is 0 Å². The van der Waals surface area contributed by atoms with Crippen molar-refractivity contribution in [2.24, 2.45) is 5.41 Å². The molecular weight excluding hydrogens is 268 g/mol. The van der Waals surface area contributed by atoms with E-state index in [4.69, 9.17) is 5.11 Å². The van der Waals surface area contributed by atoms with Gasteiger partial charge >= 0.3 is 5.97 Å². The molecule has 1 amide bonds. The quantitative estimate of drug-likeness (QED) is 0.890. The number of carboxylic acid groups (broad SMARTS) is 1. The van der Waals surface area contributed by atoms with Crippen molar-refractivity contribution in [1.82, 2.24) is 5.32 Å². The van der Waals surface area contributed by atoms with Gasteiger partial charge in [-0.2, -0.15) is 0 Å². The molecule has 110 valence electrons. The smallest absolute Gasteiger partial charge is 0.326 e. The summed E-state index contributed by atoms with van der Waals surface area (Å²) in [4.78, 5) is 22.9. The zero-order valence-electron chi connectivity index (χ0n) is 11.5. The van der Waals surface area contributed by atoms with Crippen LogP contribution in [0.15, 0.2) is 18.2 Å². The molecule has 0 saturated carbocycles. The normalized spacial score (nSPS) is 12.8. The SMILES string of the molecule is CC(C)(C)[C@H](NC(=O)Cc1c(F)cccc1F)C(=O)O. The number of carbonyl (C=O) groups excluding carboxylic acids is 1. The number of carbonyl (C=O) groups is 2. The van der Waals surface area contributed by atoms with Crippen LogP contribution < -0.4 is 5.32 Å². The molecule has 0 spiro atoms. The average Bonchev–Trinajstić information content (AvgIpc) is 2.29. The van der Waals surface area contributed by atoms with Gasteiger partial charge < -0.3 is 10.4 Å². The van der Waals surface area contributed by atoms with E-state index in [-0.39, 0.29) is 5.56 Å². The minimum absolute atomic E-state index is 0.372. The Balaban J connectivity index is 2.84. The summed E-state index contributed by atoms with van der Waals surface area (Å²) < 4.78 is 26.8. The van der Waals surface area contributed by atoms with Gasteiger partial charge in [0.05, 0.1) is 6.42 Å². The Labute approximate surface area is 115 Å². The first-order valence-electron chi connectivity index (χ1n) is 6.08. The molecule has 4 nitrogen and oxygen atoms in total. The van der Waals surface area contributed by atoms with Crippen LogP contribution >= 0.6 is 0 Å². The number of hydrogen-bond donors (Lipinski definition) is 2. The Morgan fingerprint density at radius 2 is 1.75 bits per heavy atom. The lowest BCUT2D eigenvalue weighted by Crippen LogP contribution is -2.49. The van der Waals surface area contributed by atoms with E-state index in [0.717, 1.165) is 12.1 Å². The monoisotopic (exact) mass is 285 g/mol. The van der Waals surface area contributed by atoms with Gasteiger partial charge in [0.2, 0.25) is 5.91 Å². The zero-order valence-corrected chi connectivity index (χ0v) is 11.5. The number of hydrogen-bond acceptors (Lipinski definition) is 2. The summed E-state index contributed by atoms with van der Waals surface area (Å²) in [6.07, 6.45) is -0.543. The predicted molar refractivity (Wildman–Crippen MR) is 69.1 cm³/mol. The van der Waals surface area contributed by atoms with Gasteiger partial charge in [-0.15, -0.1) is 0 Å². The van der Waals surface area contributed by atoms with Gasteiger partial charge in [-0.25, -0.2) is 13.6 Å². The molecule has 0 unspecified atom stereocenters. The number of carboxylic acids is 1. The highest BCUT2D eigenvalue weighted by molar-refractivity contribution is 5.85. The fraction of sp³-hybridized carbons (Fsp3) is 0.429. The number of aliphatic carboxylic acids is 1. The molecular formula is C14H17F2NO3. The first-order chi connectivity index (χ1) is 9.12. The summed E-state index contributed by atoms with van der Waals surface area (Å²) in [6, 6.07) is 2.15. The molecule has 20 heavy (non-hydrogen) atoms. The Morgan fingerprint density at radius 1 is 1.25 bits per heavy atom. The molecule has 0 saturated heterocycles. The van der Waals surface area contributed by atoms with Crippen LogP contribution in [0.1, 0.15) is 26.3 Å². The molecule has 0 bridgehead atoms. The van der Waals surface area contributed by atoms with Crippen LogP contribution in [-0.2, 0) is 16.0 Å². The van der Waals surface area contributed by atoms with Crippen LogP contribution in [0.25, 0.3) is 0 Å². The maximum atomic E-state index is 13.4. The Hall–Kier alpha value is -1.98. The van der Waals surface area contributed by atoms with Crippen LogP contribution in [0, 0.1) is 17.0 Å². The van der Waals surface area contributed by atoms with Crippen LogP contribution in [0.2, 0.25) is 0 Å². The molecule has 6 heteroatoms. The van der Waals surface area contributed by atoms with E-state index in [1.807, 2.05) is 0 Å². The molecule has 0 radical (unpaired) electrons. The highest BCUT2D eigenvalue weighted by atomic mass is 19.1. The minimum Gasteiger partial charge on any atom is -0.480 e. The minimum atomic E-state index is -1.19. The maximum Gasteiger partial charge on any atom is 0.326 e.